The van der Waals surface area contributed by atoms with E-state index in [1.54, 1.807) is 6.07 Å². The van der Waals surface area contributed by atoms with Gasteiger partial charge in [0.2, 0.25) is 5.95 Å². The number of anilines is 5. The third kappa shape index (κ3) is 3.85. The summed E-state index contributed by atoms with van der Waals surface area (Å²) in [5, 5.41) is 5.63. The van der Waals surface area contributed by atoms with E-state index in [2.05, 4.69) is 20.6 Å². The first-order valence-electron chi connectivity index (χ1n) is 7.72. The van der Waals surface area contributed by atoms with E-state index < -0.39 is 17.5 Å². The summed E-state index contributed by atoms with van der Waals surface area (Å²) in [5.41, 5.74) is 1.60. The number of nitrogens with zero attached hydrogens (tertiary/aromatic N) is 3. The van der Waals surface area contributed by atoms with Crippen LogP contribution in [-0.4, -0.2) is 24.1 Å². The van der Waals surface area contributed by atoms with Gasteiger partial charge in [0.25, 0.3) is 0 Å². The summed E-state index contributed by atoms with van der Waals surface area (Å²) in [6.07, 6.45) is 1.46. The standard InChI is InChI=1S/C18H16F3N5/c1-26(2)12-5-3-11(4-6-12)23-15-9-10-22-18(25-15)24-14-8-7-13(19)16(20)17(14)21/h3-10H,1-2H3,(H2,22,23,24,25). The summed E-state index contributed by atoms with van der Waals surface area (Å²) < 4.78 is 40.0. The van der Waals surface area contributed by atoms with Crippen LogP contribution in [0, 0.1) is 17.5 Å². The van der Waals surface area contributed by atoms with Gasteiger partial charge in [-0.1, -0.05) is 0 Å². The summed E-state index contributed by atoms with van der Waals surface area (Å²) in [6.45, 7) is 0. The van der Waals surface area contributed by atoms with Gasteiger partial charge in [0.15, 0.2) is 17.5 Å². The molecule has 8 heteroatoms. The van der Waals surface area contributed by atoms with Gasteiger partial charge in [-0.05, 0) is 42.5 Å². The number of nitrogens with one attached hydrogen (secondary N) is 2. The fourth-order valence-electron chi connectivity index (χ4n) is 2.22. The predicted molar refractivity (Wildman–Crippen MR) is 95.7 cm³/mol. The first-order valence-corrected chi connectivity index (χ1v) is 7.72. The van der Waals surface area contributed by atoms with E-state index in [4.69, 9.17) is 0 Å². The van der Waals surface area contributed by atoms with Crippen LogP contribution in [0.1, 0.15) is 0 Å². The number of hydrogen-bond donors (Lipinski definition) is 2. The van der Waals surface area contributed by atoms with Crippen molar-refractivity contribution in [1.82, 2.24) is 9.97 Å². The van der Waals surface area contributed by atoms with Crippen LogP contribution in [0.5, 0.6) is 0 Å². The Morgan fingerprint density at radius 3 is 2.27 bits per heavy atom. The highest BCUT2D eigenvalue weighted by atomic mass is 19.2. The highest BCUT2D eigenvalue weighted by Crippen LogP contribution is 2.23. The Morgan fingerprint density at radius 2 is 1.58 bits per heavy atom. The van der Waals surface area contributed by atoms with Gasteiger partial charge in [-0.15, -0.1) is 0 Å². The average Bonchev–Trinajstić information content (AvgIpc) is 2.63. The van der Waals surface area contributed by atoms with E-state index in [9.17, 15) is 13.2 Å². The van der Waals surface area contributed by atoms with Crippen molar-refractivity contribution in [3.05, 3.63) is 66.1 Å². The van der Waals surface area contributed by atoms with Crippen molar-refractivity contribution in [3.8, 4) is 0 Å². The van der Waals surface area contributed by atoms with Crippen LogP contribution in [0.15, 0.2) is 48.7 Å². The van der Waals surface area contributed by atoms with Crippen molar-refractivity contribution in [3.63, 3.8) is 0 Å². The fraction of sp³-hybridized carbons (Fsp3) is 0.111. The number of rotatable bonds is 5. The van der Waals surface area contributed by atoms with E-state index in [-0.39, 0.29) is 11.6 Å². The van der Waals surface area contributed by atoms with Crippen LogP contribution in [0.3, 0.4) is 0 Å². The number of hydrogen-bond acceptors (Lipinski definition) is 5. The molecule has 3 rings (SSSR count). The van der Waals surface area contributed by atoms with Gasteiger partial charge in [-0.3, -0.25) is 0 Å². The molecule has 0 saturated heterocycles. The zero-order valence-electron chi connectivity index (χ0n) is 14.1. The van der Waals surface area contributed by atoms with Gasteiger partial charge in [-0.2, -0.15) is 4.98 Å². The molecule has 0 saturated carbocycles. The first kappa shape index (κ1) is 17.5. The average molecular weight is 359 g/mol. The molecule has 0 fully saturated rings. The maximum absolute atomic E-state index is 13.7. The van der Waals surface area contributed by atoms with E-state index in [1.807, 2.05) is 43.3 Å². The molecule has 0 bridgehead atoms. The molecule has 1 heterocycles. The highest BCUT2D eigenvalue weighted by molar-refractivity contribution is 5.62. The van der Waals surface area contributed by atoms with Gasteiger partial charge in [0, 0.05) is 31.7 Å². The minimum atomic E-state index is -1.55. The Morgan fingerprint density at radius 1 is 0.846 bits per heavy atom. The maximum atomic E-state index is 13.7. The summed E-state index contributed by atoms with van der Waals surface area (Å²) in [7, 11) is 3.89. The number of aromatic nitrogens is 2. The molecule has 0 spiro atoms. The quantitative estimate of drug-likeness (QED) is 0.660. The van der Waals surface area contributed by atoms with Crippen LogP contribution in [-0.2, 0) is 0 Å². The molecule has 26 heavy (non-hydrogen) atoms. The lowest BCUT2D eigenvalue weighted by molar-refractivity contribution is 0.449. The van der Waals surface area contributed by atoms with Crippen molar-refractivity contribution < 1.29 is 13.2 Å². The lowest BCUT2D eigenvalue weighted by Gasteiger charge is -2.13. The van der Waals surface area contributed by atoms with Crippen molar-refractivity contribution in [1.29, 1.82) is 0 Å². The molecule has 0 atom stereocenters. The first-order chi connectivity index (χ1) is 12.4. The van der Waals surface area contributed by atoms with Crippen LogP contribution in [0.2, 0.25) is 0 Å². The van der Waals surface area contributed by atoms with Crippen LogP contribution in [0.4, 0.5) is 42.0 Å². The normalized spacial score (nSPS) is 10.5. The topological polar surface area (TPSA) is 53.1 Å². The molecule has 0 radical (unpaired) electrons. The molecule has 0 amide bonds. The van der Waals surface area contributed by atoms with Crippen molar-refractivity contribution in [2.24, 2.45) is 0 Å². The molecule has 1 aromatic heterocycles. The summed E-state index contributed by atoms with van der Waals surface area (Å²) >= 11 is 0. The Bertz CT molecular complexity index is 913. The Kier molecular flexibility index (Phi) is 4.92. The minimum Gasteiger partial charge on any atom is -0.378 e. The Balaban J connectivity index is 1.77. The van der Waals surface area contributed by atoms with E-state index in [1.165, 1.54) is 6.20 Å². The second kappa shape index (κ2) is 7.30. The number of benzene rings is 2. The fourth-order valence-corrected chi connectivity index (χ4v) is 2.22. The molecule has 0 aliphatic rings. The molecule has 134 valence electrons. The molecule has 3 aromatic rings. The van der Waals surface area contributed by atoms with E-state index >= 15 is 0 Å². The van der Waals surface area contributed by atoms with Crippen molar-refractivity contribution in [2.45, 2.75) is 0 Å². The summed E-state index contributed by atoms with van der Waals surface area (Å²) in [5.74, 6) is -3.63. The molecular weight excluding hydrogens is 343 g/mol. The van der Waals surface area contributed by atoms with E-state index in [0.717, 1.165) is 23.5 Å². The summed E-state index contributed by atoms with van der Waals surface area (Å²) in [6, 6.07) is 11.2. The Hall–Kier alpha value is -3.29. The van der Waals surface area contributed by atoms with Gasteiger partial charge >= 0.3 is 0 Å². The van der Waals surface area contributed by atoms with Gasteiger partial charge in [0.1, 0.15) is 5.82 Å². The molecule has 2 aromatic carbocycles. The predicted octanol–water partition coefficient (Wildman–Crippen LogP) is 4.45. The third-order valence-corrected chi connectivity index (χ3v) is 3.59. The van der Waals surface area contributed by atoms with Crippen molar-refractivity contribution >= 4 is 28.8 Å². The molecule has 0 unspecified atom stereocenters. The number of halogens is 3. The molecule has 0 aliphatic heterocycles. The minimum absolute atomic E-state index is 0.0461. The zero-order valence-corrected chi connectivity index (χ0v) is 14.1. The smallest absolute Gasteiger partial charge is 0.229 e. The lowest BCUT2D eigenvalue weighted by atomic mass is 10.2. The molecular formula is C18H16F3N5. The molecule has 2 N–H and O–H groups in total. The van der Waals surface area contributed by atoms with Crippen LogP contribution < -0.4 is 15.5 Å². The van der Waals surface area contributed by atoms with Gasteiger partial charge in [-0.25, -0.2) is 18.2 Å². The second-order valence-electron chi connectivity index (χ2n) is 5.68. The lowest BCUT2D eigenvalue weighted by Crippen LogP contribution is -2.08. The molecule has 0 aliphatic carbocycles. The zero-order chi connectivity index (χ0) is 18.7. The van der Waals surface area contributed by atoms with Gasteiger partial charge in [0.05, 0.1) is 5.69 Å². The third-order valence-electron chi connectivity index (χ3n) is 3.59. The van der Waals surface area contributed by atoms with Crippen molar-refractivity contribution in [2.75, 3.05) is 29.6 Å². The van der Waals surface area contributed by atoms with E-state index in [0.29, 0.717) is 5.82 Å². The molecule has 5 nitrogen and oxygen atoms in total. The van der Waals surface area contributed by atoms with Crippen LogP contribution >= 0.6 is 0 Å². The summed E-state index contributed by atoms with van der Waals surface area (Å²) in [4.78, 5) is 10.1. The van der Waals surface area contributed by atoms with Gasteiger partial charge < -0.3 is 15.5 Å². The maximum Gasteiger partial charge on any atom is 0.229 e. The largest absolute Gasteiger partial charge is 0.378 e. The SMILES string of the molecule is CN(C)c1ccc(Nc2ccnc(Nc3ccc(F)c(F)c3F)n2)cc1. The Labute approximate surface area is 148 Å². The second-order valence-corrected chi connectivity index (χ2v) is 5.68. The highest BCUT2D eigenvalue weighted by Gasteiger charge is 2.14. The van der Waals surface area contributed by atoms with Crippen LogP contribution in [0.25, 0.3) is 0 Å². The monoisotopic (exact) mass is 359 g/mol.